The summed E-state index contributed by atoms with van der Waals surface area (Å²) in [5.74, 6) is 1.31. The predicted molar refractivity (Wildman–Crippen MR) is 118 cm³/mol. The quantitative estimate of drug-likeness (QED) is 0.684. The molecule has 2 aliphatic rings. The van der Waals surface area contributed by atoms with Gasteiger partial charge in [0, 0.05) is 11.9 Å². The first kappa shape index (κ1) is 20.1. The maximum Gasteiger partial charge on any atom is 0.263 e. The number of guanidine groups is 2. The average Bonchev–Trinajstić information content (AvgIpc) is 2.71. The molecule has 0 amide bonds. The Labute approximate surface area is 176 Å². The summed E-state index contributed by atoms with van der Waals surface area (Å²) in [5, 5.41) is 0. The molecule has 10 heteroatoms. The summed E-state index contributed by atoms with van der Waals surface area (Å²) in [4.78, 5) is 14.8. The van der Waals surface area contributed by atoms with E-state index in [1.807, 2.05) is 4.90 Å². The molecule has 1 aliphatic heterocycles. The van der Waals surface area contributed by atoms with Gasteiger partial charge in [-0.15, -0.1) is 0 Å². The Morgan fingerprint density at radius 3 is 2.43 bits per heavy atom. The SMILES string of the molecule is CC1CCC2(CC1)N=C(N)N=C(N)N2c1ccc(S(=O)(=O)Nc2ccccn2)cc1. The first-order valence-electron chi connectivity index (χ1n) is 9.83. The number of anilines is 2. The fraction of sp³-hybridized carbons (Fsp3) is 0.350. The van der Waals surface area contributed by atoms with E-state index < -0.39 is 15.7 Å². The summed E-state index contributed by atoms with van der Waals surface area (Å²) >= 11 is 0. The molecular weight excluding hydrogens is 402 g/mol. The molecule has 9 nitrogen and oxygen atoms in total. The van der Waals surface area contributed by atoms with Gasteiger partial charge in [0.2, 0.25) is 11.9 Å². The molecule has 2 aromatic rings. The molecule has 1 fully saturated rings. The minimum absolute atomic E-state index is 0.124. The van der Waals surface area contributed by atoms with Gasteiger partial charge < -0.3 is 11.5 Å². The second-order valence-corrected chi connectivity index (χ2v) is 9.44. The van der Waals surface area contributed by atoms with E-state index in [2.05, 4.69) is 26.6 Å². The first-order chi connectivity index (χ1) is 14.3. The fourth-order valence-electron chi connectivity index (χ4n) is 4.00. The number of nitrogens with one attached hydrogen (secondary N) is 1. The van der Waals surface area contributed by atoms with E-state index in [1.165, 1.54) is 18.3 Å². The molecule has 30 heavy (non-hydrogen) atoms. The zero-order valence-corrected chi connectivity index (χ0v) is 17.5. The Kier molecular flexibility index (Phi) is 5.10. The molecule has 4 rings (SSSR count). The van der Waals surface area contributed by atoms with Crippen molar-refractivity contribution in [2.24, 2.45) is 27.4 Å². The number of aliphatic imine (C=N–C) groups is 2. The van der Waals surface area contributed by atoms with Crippen LogP contribution in [0.5, 0.6) is 0 Å². The first-order valence-corrected chi connectivity index (χ1v) is 11.3. The van der Waals surface area contributed by atoms with Crippen LogP contribution in [0.1, 0.15) is 32.6 Å². The Bertz CT molecular complexity index is 1070. The van der Waals surface area contributed by atoms with E-state index in [0.29, 0.717) is 5.92 Å². The monoisotopic (exact) mass is 427 g/mol. The molecule has 0 saturated heterocycles. The molecule has 2 heterocycles. The molecule has 0 bridgehead atoms. The number of hydrogen-bond donors (Lipinski definition) is 3. The van der Waals surface area contributed by atoms with Crippen molar-refractivity contribution in [2.45, 2.75) is 43.2 Å². The highest BCUT2D eigenvalue weighted by Gasteiger charge is 2.43. The number of rotatable bonds is 4. The third kappa shape index (κ3) is 3.82. The second-order valence-electron chi connectivity index (χ2n) is 7.75. The standard InChI is InChI=1S/C20H25N7O2S/c1-14-9-11-20(12-10-14)25-18(21)24-19(22)27(20)15-5-7-16(8-6-15)30(28,29)26-17-4-2-3-13-23-17/h2-8,13-14H,9-12H2,1H3,(H,23,26)(H4,21,22,24,25). The topological polar surface area (TPSA) is 139 Å². The maximum atomic E-state index is 12.7. The number of nitrogens with zero attached hydrogens (tertiary/aromatic N) is 4. The molecule has 0 unspecified atom stereocenters. The summed E-state index contributed by atoms with van der Waals surface area (Å²) in [6, 6.07) is 11.5. The minimum atomic E-state index is -3.76. The van der Waals surface area contributed by atoms with Gasteiger partial charge in [-0.05, 0) is 68.0 Å². The van der Waals surface area contributed by atoms with Gasteiger partial charge in [-0.25, -0.2) is 18.4 Å². The number of sulfonamides is 1. The van der Waals surface area contributed by atoms with E-state index in [1.54, 1.807) is 30.3 Å². The van der Waals surface area contributed by atoms with Crippen LogP contribution < -0.4 is 21.1 Å². The third-order valence-electron chi connectivity index (χ3n) is 5.58. The van der Waals surface area contributed by atoms with Gasteiger partial charge in [0.1, 0.15) is 11.5 Å². The van der Waals surface area contributed by atoms with E-state index in [4.69, 9.17) is 11.5 Å². The molecule has 1 aromatic heterocycles. The molecular formula is C20H25N7O2S. The highest BCUT2D eigenvalue weighted by Crippen LogP contribution is 2.41. The van der Waals surface area contributed by atoms with Gasteiger partial charge in [0.15, 0.2) is 0 Å². The number of aromatic nitrogens is 1. The summed E-state index contributed by atoms with van der Waals surface area (Å²) in [6.07, 6.45) is 5.12. The van der Waals surface area contributed by atoms with Crippen LogP contribution in [0.2, 0.25) is 0 Å². The van der Waals surface area contributed by atoms with Crippen molar-refractivity contribution >= 4 is 33.4 Å². The lowest BCUT2D eigenvalue weighted by molar-refractivity contribution is 0.252. The maximum absolute atomic E-state index is 12.7. The van der Waals surface area contributed by atoms with Crippen LogP contribution in [0, 0.1) is 5.92 Å². The van der Waals surface area contributed by atoms with Gasteiger partial charge in [0.25, 0.3) is 10.0 Å². The van der Waals surface area contributed by atoms with E-state index >= 15 is 0 Å². The molecule has 5 N–H and O–H groups in total. The molecule has 0 radical (unpaired) electrons. The van der Waals surface area contributed by atoms with Crippen molar-refractivity contribution in [3.05, 3.63) is 48.7 Å². The Balaban J connectivity index is 1.63. The van der Waals surface area contributed by atoms with Gasteiger partial charge in [-0.3, -0.25) is 9.62 Å². The van der Waals surface area contributed by atoms with Crippen molar-refractivity contribution in [1.82, 2.24) is 4.98 Å². The van der Waals surface area contributed by atoms with E-state index in [-0.39, 0.29) is 22.6 Å². The van der Waals surface area contributed by atoms with Crippen molar-refractivity contribution < 1.29 is 8.42 Å². The number of benzene rings is 1. The lowest BCUT2D eigenvalue weighted by atomic mass is 9.81. The van der Waals surface area contributed by atoms with Crippen molar-refractivity contribution in [1.29, 1.82) is 0 Å². The third-order valence-corrected chi connectivity index (χ3v) is 6.95. The highest BCUT2D eigenvalue weighted by molar-refractivity contribution is 7.92. The van der Waals surface area contributed by atoms with Crippen LogP contribution in [0.3, 0.4) is 0 Å². The normalized spacial score (nSPS) is 24.3. The molecule has 1 aromatic carbocycles. The van der Waals surface area contributed by atoms with Crippen LogP contribution in [0.25, 0.3) is 0 Å². The smallest absolute Gasteiger partial charge is 0.263 e. The van der Waals surface area contributed by atoms with Crippen LogP contribution in [-0.4, -0.2) is 31.0 Å². The Hall–Kier alpha value is -3.14. The van der Waals surface area contributed by atoms with Crippen molar-refractivity contribution in [3.63, 3.8) is 0 Å². The van der Waals surface area contributed by atoms with Gasteiger partial charge in [-0.1, -0.05) is 13.0 Å². The summed E-state index contributed by atoms with van der Waals surface area (Å²) in [5.41, 5.74) is 12.3. The van der Waals surface area contributed by atoms with E-state index in [0.717, 1.165) is 31.4 Å². The predicted octanol–water partition coefficient (Wildman–Crippen LogP) is 2.24. The molecule has 0 atom stereocenters. The van der Waals surface area contributed by atoms with Crippen molar-refractivity contribution in [2.75, 3.05) is 9.62 Å². The summed E-state index contributed by atoms with van der Waals surface area (Å²) in [7, 11) is -3.76. The summed E-state index contributed by atoms with van der Waals surface area (Å²) in [6.45, 7) is 2.22. The van der Waals surface area contributed by atoms with Gasteiger partial charge in [0.05, 0.1) is 4.90 Å². The zero-order chi connectivity index (χ0) is 21.4. The number of pyridine rings is 1. The lowest BCUT2D eigenvalue weighted by Gasteiger charge is -2.46. The van der Waals surface area contributed by atoms with Gasteiger partial charge in [-0.2, -0.15) is 4.99 Å². The van der Waals surface area contributed by atoms with Crippen LogP contribution in [-0.2, 0) is 10.0 Å². The van der Waals surface area contributed by atoms with Crippen LogP contribution in [0.15, 0.2) is 63.5 Å². The molecule has 1 saturated carbocycles. The largest absolute Gasteiger partial charge is 0.369 e. The van der Waals surface area contributed by atoms with Crippen LogP contribution >= 0.6 is 0 Å². The van der Waals surface area contributed by atoms with Crippen molar-refractivity contribution in [3.8, 4) is 0 Å². The van der Waals surface area contributed by atoms with E-state index in [9.17, 15) is 8.42 Å². The fourth-order valence-corrected chi connectivity index (χ4v) is 5.00. The Morgan fingerprint density at radius 2 is 1.80 bits per heavy atom. The molecule has 158 valence electrons. The molecule has 1 aliphatic carbocycles. The molecule has 1 spiro atoms. The minimum Gasteiger partial charge on any atom is -0.369 e. The van der Waals surface area contributed by atoms with Gasteiger partial charge >= 0.3 is 0 Å². The number of nitrogens with two attached hydrogens (primary N) is 2. The lowest BCUT2D eigenvalue weighted by Crippen LogP contribution is -2.58. The summed E-state index contributed by atoms with van der Waals surface area (Å²) < 4.78 is 27.8. The Morgan fingerprint density at radius 1 is 1.10 bits per heavy atom. The number of hydrogen-bond acceptors (Lipinski definition) is 8. The highest BCUT2D eigenvalue weighted by atomic mass is 32.2. The second kappa shape index (κ2) is 7.60. The average molecular weight is 428 g/mol. The van der Waals surface area contributed by atoms with Crippen LogP contribution in [0.4, 0.5) is 11.5 Å². The zero-order valence-electron chi connectivity index (χ0n) is 16.7.